The molecule has 0 saturated heterocycles. The van der Waals surface area contributed by atoms with Crippen LogP contribution in [0.25, 0.3) is 10.9 Å². The van der Waals surface area contributed by atoms with Crippen LogP contribution in [0.1, 0.15) is 23.2 Å². The first kappa shape index (κ1) is 16.6. The zero-order chi connectivity index (χ0) is 16.9. The number of benzene rings is 2. The lowest BCUT2D eigenvalue weighted by atomic mass is 10.1. The number of fused-ring (bicyclic) bond motifs is 1. The Labute approximate surface area is 147 Å². The number of carbonyl (C=O) groups excluding carboxylic acids is 1. The monoisotopic (exact) mass is 340 g/mol. The van der Waals surface area contributed by atoms with Gasteiger partial charge in [-0.25, -0.2) is 0 Å². The highest BCUT2D eigenvalue weighted by Crippen LogP contribution is 2.25. The zero-order valence-electron chi connectivity index (χ0n) is 13.7. The van der Waals surface area contributed by atoms with Crippen LogP contribution in [-0.2, 0) is 17.6 Å². The Hall–Kier alpha value is -2.26. The van der Waals surface area contributed by atoms with Crippen molar-refractivity contribution in [2.24, 2.45) is 0 Å². The van der Waals surface area contributed by atoms with Gasteiger partial charge in [-0.15, -0.1) is 0 Å². The lowest BCUT2D eigenvalue weighted by molar-refractivity contribution is -0.120. The van der Waals surface area contributed by atoms with Gasteiger partial charge in [0, 0.05) is 28.2 Å². The van der Waals surface area contributed by atoms with Crippen LogP contribution in [0.4, 0.5) is 0 Å². The smallest absolute Gasteiger partial charge is 0.224 e. The molecule has 1 aromatic heterocycles. The number of nitrogens with one attached hydrogen (secondary N) is 2. The van der Waals surface area contributed by atoms with Gasteiger partial charge in [-0.1, -0.05) is 41.9 Å². The number of hydrogen-bond acceptors (Lipinski definition) is 1. The van der Waals surface area contributed by atoms with Crippen molar-refractivity contribution >= 4 is 28.4 Å². The number of H-pyrrole nitrogens is 1. The highest BCUT2D eigenvalue weighted by molar-refractivity contribution is 6.31. The second-order valence-corrected chi connectivity index (χ2v) is 6.47. The summed E-state index contributed by atoms with van der Waals surface area (Å²) in [4.78, 5) is 15.6. The Morgan fingerprint density at radius 2 is 1.96 bits per heavy atom. The maximum Gasteiger partial charge on any atom is 0.224 e. The number of carbonyl (C=O) groups is 1. The molecule has 3 nitrogen and oxygen atoms in total. The van der Waals surface area contributed by atoms with Gasteiger partial charge < -0.3 is 10.3 Å². The molecule has 2 N–H and O–H groups in total. The summed E-state index contributed by atoms with van der Waals surface area (Å²) in [6.07, 6.45) is 2.29. The quantitative estimate of drug-likeness (QED) is 0.641. The highest BCUT2D eigenvalue weighted by Gasteiger charge is 2.12. The van der Waals surface area contributed by atoms with Crippen molar-refractivity contribution in [2.45, 2.75) is 26.2 Å². The fourth-order valence-corrected chi connectivity index (χ4v) is 3.14. The minimum absolute atomic E-state index is 0.0482. The Morgan fingerprint density at radius 1 is 1.17 bits per heavy atom. The van der Waals surface area contributed by atoms with Crippen molar-refractivity contribution in [1.82, 2.24) is 10.3 Å². The molecule has 2 aromatic carbocycles. The normalized spacial score (nSPS) is 10.9. The predicted octanol–water partition coefficient (Wildman–Crippen LogP) is 4.42. The third-order valence-electron chi connectivity index (χ3n) is 4.23. The molecule has 0 aliphatic rings. The summed E-state index contributed by atoms with van der Waals surface area (Å²) in [7, 11) is 0. The first-order valence-corrected chi connectivity index (χ1v) is 8.58. The lowest BCUT2D eigenvalue weighted by Crippen LogP contribution is -2.26. The Balaban J connectivity index is 1.55. The number of aromatic amines is 1. The summed E-state index contributed by atoms with van der Waals surface area (Å²) in [6.45, 7) is 2.68. The number of amides is 1. The summed E-state index contributed by atoms with van der Waals surface area (Å²) in [6, 6.07) is 16.0. The Bertz CT molecular complexity index is 839. The fourth-order valence-electron chi connectivity index (χ4n) is 2.97. The van der Waals surface area contributed by atoms with E-state index in [9.17, 15) is 4.79 Å². The van der Waals surface area contributed by atoms with Gasteiger partial charge in [0.1, 0.15) is 0 Å². The lowest BCUT2D eigenvalue weighted by Gasteiger charge is -2.06. The van der Waals surface area contributed by atoms with E-state index >= 15 is 0 Å². The van der Waals surface area contributed by atoms with Gasteiger partial charge in [0.05, 0.1) is 6.42 Å². The molecular weight excluding hydrogens is 320 g/mol. The molecule has 3 rings (SSSR count). The predicted molar refractivity (Wildman–Crippen MR) is 99.5 cm³/mol. The standard InChI is InChI=1S/C20H21ClN2O/c1-14-17(18-12-16(21)9-10-19(18)23-14)13-20(24)22-11-5-8-15-6-3-2-4-7-15/h2-4,6-7,9-10,12,23H,5,8,11,13H2,1H3,(H,22,24). The van der Waals surface area contributed by atoms with Gasteiger partial charge in [0.15, 0.2) is 0 Å². The molecule has 0 atom stereocenters. The average molecular weight is 341 g/mol. The maximum absolute atomic E-state index is 12.2. The molecule has 4 heteroatoms. The number of halogens is 1. The molecule has 0 saturated carbocycles. The van der Waals surface area contributed by atoms with Crippen LogP contribution in [0.3, 0.4) is 0 Å². The minimum Gasteiger partial charge on any atom is -0.358 e. The summed E-state index contributed by atoms with van der Waals surface area (Å²) in [5.41, 5.74) is 4.36. The molecule has 3 aromatic rings. The van der Waals surface area contributed by atoms with Gasteiger partial charge in [0.2, 0.25) is 5.91 Å². The van der Waals surface area contributed by atoms with Crippen molar-refractivity contribution in [3.63, 3.8) is 0 Å². The van der Waals surface area contributed by atoms with Crippen molar-refractivity contribution < 1.29 is 4.79 Å². The molecule has 0 aliphatic heterocycles. The average Bonchev–Trinajstić information content (AvgIpc) is 2.88. The molecule has 0 aliphatic carbocycles. The van der Waals surface area contributed by atoms with Gasteiger partial charge in [-0.2, -0.15) is 0 Å². The van der Waals surface area contributed by atoms with Crippen LogP contribution < -0.4 is 5.32 Å². The van der Waals surface area contributed by atoms with Gasteiger partial charge in [-0.3, -0.25) is 4.79 Å². The van der Waals surface area contributed by atoms with E-state index in [1.807, 2.05) is 43.3 Å². The van der Waals surface area contributed by atoms with Crippen LogP contribution in [0.2, 0.25) is 5.02 Å². The van der Waals surface area contributed by atoms with E-state index in [0.29, 0.717) is 18.0 Å². The summed E-state index contributed by atoms with van der Waals surface area (Å²) in [5, 5.41) is 4.73. The van der Waals surface area contributed by atoms with Crippen molar-refractivity contribution in [3.8, 4) is 0 Å². The van der Waals surface area contributed by atoms with Crippen molar-refractivity contribution in [2.75, 3.05) is 6.54 Å². The molecule has 1 amide bonds. The van der Waals surface area contributed by atoms with Crippen LogP contribution in [0.5, 0.6) is 0 Å². The highest BCUT2D eigenvalue weighted by atomic mass is 35.5. The van der Waals surface area contributed by atoms with E-state index in [4.69, 9.17) is 11.6 Å². The van der Waals surface area contributed by atoms with E-state index in [1.54, 1.807) is 0 Å². The summed E-state index contributed by atoms with van der Waals surface area (Å²) < 4.78 is 0. The maximum atomic E-state index is 12.2. The molecule has 1 heterocycles. The van der Waals surface area contributed by atoms with E-state index in [2.05, 4.69) is 22.4 Å². The minimum atomic E-state index is 0.0482. The van der Waals surface area contributed by atoms with E-state index < -0.39 is 0 Å². The largest absolute Gasteiger partial charge is 0.358 e. The molecule has 0 spiro atoms. The van der Waals surface area contributed by atoms with Gasteiger partial charge in [-0.05, 0) is 49.1 Å². The van der Waals surface area contributed by atoms with Gasteiger partial charge in [0.25, 0.3) is 0 Å². The van der Waals surface area contributed by atoms with Crippen molar-refractivity contribution in [3.05, 3.63) is 70.4 Å². The number of rotatable bonds is 6. The third-order valence-corrected chi connectivity index (χ3v) is 4.46. The Kier molecular flexibility index (Phi) is 5.21. The molecule has 0 fully saturated rings. The molecular formula is C20H21ClN2O. The topological polar surface area (TPSA) is 44.9 Å². The van der Waals surface area contributed by atoms with Gasteiger partial charge >= 0.3 is 0 Å². The van der Waals surface area contributed by atoms with Crippen LogP contribution in [0, 0.1) is 6.92 Å². The third kappa shape index (κ3) is 3.98. The molecule has 24 heavy (non-hydrogen) atoms. The molecule has 0 unspecified atom stereocenters. The first-order valence-electron chi connectivity index (χ1n) is 8.21. The molecule has 0 radical (unpaired) electrons. The second-order valence-electron chi connectivity index (χ2n) is 6.03. The van der Waals surface area contributed by atoms with E-state index in [0.717, 1.165) is 35.0 Å². The molecule has 124 valence electrons. The van der Waals surface area contributed by atoms with Crippen molar-refractivity contribution in [1.29, 1.82) is 0 Å². The Morgan fingerprint density at radius 3 is 2.75 bits per heavy atom. The van der Waals surface area contributed by atoms with Crippen LogP contribution >= 0.6 is 11.6 Å². The zero-order valence-corrected chi connectivity index (χ0v) is 14.5. The number of aryl methyl sites for hydroxylation is 2. The van der Waals surface area contributed by atoms with E-state index in [-0.39, 0.29) is 5.91 Å². The summed E-state index contributed by atoms with van der Waals surface area (Å²) in [5.74, 6) is 0.0482. The second kappa shape index (κ2) is 7.54. The number of hydrogen-bond donors (Lipinski definition) is 2. The molecule has 0 bridgehead atoms. The summed E-state index contributed by atoms with van der Waals surface area (Å²) >= 11 is 6.08. The number of aromatic nitrogens is 1. The van der Waals surface area contributed by atoms with E-state index in [1.165, 1.54) is 5.56 Å². The van der Waals surface area contributed by atoms with Crippen LogP contribution in [-0.4, -0.2) is 17.4 Å². The fraction of sp³-hybridized carbons (Fsp3) is 0.250. The van der Waals surface area contributed by atoms with Crippen LogP contribution in [0.15, 0.2) is 48.5 Å². The first-order chi connectivity index (χ1) is 11.6. The SMILES string of the molecule is Cc1[nH]c2ccc(Cl)cc2c1CC(=O)NCCCc1ccccc1.